The molecule has 2 saturated carbocycles. The average molecular weight is 342 g/mol. The summed E-state index contributed by atoms with van der Waals surface area (Å²) in [6, 6.07) is 10.6. The van der Waals surface area contributed by atoms with Gasteiger partial charge >= 0.3 is 0 Å². The first kappa shape index (κ1) is 15.7. The molecule has 1 aromatic carbocycles. The predicted molar refractivity (Wildman–Crippen MR) is 93.7 cm³/mol. The van der Waals surface area contributed by atoms with Crippen LogP contribution < -0.4 is 5.32 Å². The van der Waals surface area contributed by atoms with Gasteiger partial charge in [0.05, 0.1) is 5.75 Å². The molecule has 0 aliphatic heterocycles. The van der Waals surface area contributed by atoms with Crippen LogP contribution >= 0.6 is 11.8 Å². The highest BCUT2D eigenvalue weighted by Crippen LogP contribution is 2.44. The molecule has 3 atom stereocenters. The standard InChI is InChI=1S/C18H22N4OS/c23-17(19-15-9-13-6-7-14(15)8-13)11-24-18-20-16(21-22-18)10-12-4-2-1-3-5-12/h1-5,13-15H,6-11H2,(H,19,23)(H,20,21,22)/t13-,14+,15+/m0/s1. The lowest BCUT2D eigenvalue weighted by atomic mass is 9.95. The Hall–Kier alpha value is -1.82. The van der Waals surface area contributed by atoms with Gasteiger partial charge in [-0.15, -0.1) is 5.10 Å². The van der Waals surface area contributed by atoms with E-state index in [4.69, 9.17) is 0 Å². The number of hydrogen-bond acceptors (Lipinski definition) is 4. The molecule has 1 amide bonds. The van der Waals surface area contributed by atoms with E-state index in [1.54, 1.807) is 0 Å². The zero-order chi connectivity index (χ0) is 16.4. The van der Waals surface area contributed by atoms with Gasteiger partial charge < -0.3 is 5.32 Å². The van der Waals surface area contributed by atoms with Crippen molar-refractivity contribution in [3.05, 3.63) is 41.7 Å². The van der Waals surface area contributed by atoms with Gasteiger partial charge in [-0.25, -0.2) is 4.98 Å². The smallest absolute Gasteiger partial charge is 0.230 e. The molecule has 2 N–H and O–H groups in total. The number of carbonyl (C=O) groups excluding carboxylic acids is 1. The molecule has 24 heavy (non-hydrogen) atoms. The Labute approximate surface area is 146 Å². The van der Waals surface area contributed by atoms with Crippen LogP contribution in [0.25, 0.3) is 0 Å². The molecule has 2 aliphatic rings. The Kier molecular flexibility index (Phi) is 4.56. The van der Waals surface area contributed by atoms with Crippen molar-refractivity contribution in [2.24, 2.45) is 11.8 Å². The summed E-state index contributed by atoms with van der Waals surface area (Å²) in [4.78, 5) is 16.6. The maximum atomic E-state index is 12.1. The van der Waals surface area contributed by atoms with Crippen LogP contribution in [0.1, 0.15) is 37.1 Å². The molecule has 0 unspecified atom stereocenters. The molecule has 2 aliphatic carbocycles. The Balaban J connectivity index is 1.25. The number of hydrogen-bond donors (Lipinski definition) is 2. The highest BCUT2D eigenvalue weighted by atomic mass is 32.2. The van der Waals surface area contributed by atoms with Gasteiger partial charge in [-0.2, -0.15) is 0 Å². The lowest BCUT2D eigenvalue weighted by molar-refractivity contribution is -0.119. The number of thioether (sulfide) groups is 1. The van der Waals surface area contributed by atoms with E-state index < -0.39 is 0 Å². The number of nitrogens with one attached hydrogen (secondary N) is 2. The van der Waals surface area contributed by atoms with Crippen LogP contribution in [0.5, 0.6) is 0 Å². The lowest BCUT2D eigenvalue weighted by Crippen LogP contribution is -2.39. The number of carbonyl (C=O) groups is 1. The highest BCUT2D eigenvalue weighted by Gasteiger charge is 2.39. The van der Waals surface area contributed by atoms with Gasteiger partial charge in [0.1, 0.15) is 5.82 Å². The zero-order valence-corrected chi connectivity index (χ0v) is 14.4. The van der Waals surface area contributed by atoms with E-state index in [2.05, 4.69) is 32.6 Å². The van der Waals surface area contributed by atoms with Crippen molar-refractivity contribution in [3.8, 4) is 0 Å². The van der Waals surface area contributed by atoms with Crippen LogP contribution in [-0.4, -0.2) is 32.9 Å². The van der Waals surface area contributed by atoms with Crippen LogP contribution in [0.2, 0.25) is 0 Å². The van der Waals surface area contributed by atoms with Gasteiger partial charge in [0.15, 0.2) is 0 Å². The molecule has 4 rings (SSSR count). The molecule has 126 valence electrons. The quantitative estimate of drug-likeness (QED) is 0.792. The monoisotopic (exact) mass is 342 g/mol. The second kappa shape index (κ2) is 6.97. The van der Waals surface area contributed by atoms with E-state index in [1.807, 2.05) is 18.2 Å². The van der Waals surface area contributed by atoms with Crippen LogP contribution in [0, 0.1) is 11.8 Å². The Morgan fingerprint density at radius 2 is 2.12 bits per heavy atom. The highest BCUT2D eigenvalue weighted by molar-refractivity contribution is 7.99. The van der Waals surface area contributed by atoms with E-state index in [0.717, 1.165) is 18.2 Å². The average Bonchev–Trinajstić information content (AvgIpc) is 3.31. The van der Waals surface area contributed by atoms with Gasteiger partial charge in [-0.3, -0.25) is 9.89 Å². The number of aromatic nitrogens is 3. The van der Waals surface area contributed by atoms with Gasteiger partial charge in [0.2, 0.25) is 11.1 Å². The first-order valence-corrected chi connectivity index (χ1v) is 9.62. The largest absolute Gasteiger partial charge is 0.352 e. The molecule has 6 heteroatoms. The van der Waals surface area contributed by atoms with Gasteiger partial charge in [0.25, 0.3) is 0 Å². The summed E-state index contributed by atoms with van der Waals surface area (Å²) in [5.74, 6) is 2.88. The Bertz CT molecular complexity index is 702. The summed E-state index contributed by atoms with van der Waals surface area (Å²) in [5, 5.41) is 11.0. The minimum Gasteiger partial charge on any atom is -0.352 e. The van der Waals surface area contributed by atoms with Crippen molar-refractivity contribution in [3.63, 3.8) is 0 Å². The first-order valence-electron chi connectivity index (χ1n) is 8.63. The maximum absolute atomic E-state index is 12.1. The Morgan fingerprint density at radius 3 is 2.88 bits per heavy atom. The molecular weight excluding hydrogens is 320 g/mol. The van der Waals surface area contributed by atoms with Crippen LogP contribution in [0.4, 0.5) is 0 Å². The maximum Gasteiger partial charge on any atom is 0.230 e. The molecule has 2 fully saturated rings. The number of H-pyrrole nitrogens is 1. The van der Waals surface area contributed by atoms with Crippen molar-refractivity contribution in [1.29, 1.82) is 0 Å². The van der Waals surface area contributed by atoms with Crippen molar-refractivity contribution in [1.82, 2.24) is 20.5 Å². The van der Waals surface area contributed by atoms with Gasteiger partial charge in [0, 0.05) is 12.5 Å². The van der Waals surface area contributed by atoms with Crippen molar-refractivity contribution in [2.45, 2.75) is 43.3 Å². The van der Waals surface area contributed by atoms with Gasteiger partial charge in [-0.05, 0) is 36.7 Å². The number of benzene rings is 1. The minimum atomic E-state index is 0.104. The molecule has 1 aromatic heterocycles. The van der Waals surface area contributed by atoms with Crippen molar-refractivity contribution in [2.75, 3.05) is 5.75 Å². The molecule has 5 nitrogen and oxygen atoms in total. The summed E-state index contributed by atoms with van der Waals surface area (Å²) < 4.78 is 0. The third kappa shape index (κ3) is 3.64. The number of nitrogens with zero attached hydrogens (tertiary/aromatic N) is 2. The van der Waals surface area contributed by atoms with Crippen LogP contribution in [-0.2, 0) is 11.2 Å². The lowest BCUT2D eigenvalue weighted by Gasteiger charge is -2.22. The third-order valence-corrected chi connectivity index (χ3v) is 5.99. The zero-order valence-electron chi connectivity index (χ0n) is 13.6. The first-order chi connectivity index (χ1) is 11.8. The predicted octanol–water partition coefficient (Wildman–Crippen LogP) is 2.79. The molecule has 2 aromatic rings. The fourth-order valence-electron chi connectivity index (χ4n) is 4.01. The minimum absolute atomic E-state index is 0.104. The summed E-state index contributed by atoms with van der Waals surface area (Å²) in [7, 11) is 0. The number of aromatic amines is 1. The summed E-state index contributed by atoms with van der Waals surface area (Å²) in [6.07, 6.45) is 5.84. The molecule has 0 saturated heterocycles. The van der Waals surface area contributed by atoms with E-state index >= 15 is 0 Å². The van der Waals surface area contributed by atoms with Gasteiger partial charge in [-0.1, -0.05) is 48.5 Å². The van der Waals surface area contributed by atoms with Crippen molar-refractivity contribution < 1.29 is 4.79 Å². The molecule has 1 heterocycles. The number of rotatable bonds is 6. The normalized spacial score (nSPS) is 25.1. The summed E-state index contributed by atoms with van der Waals surface area (Å²) >= 11 is 1.40. The second-order valence-corrected chi connectivity index (χ2v) is 7.81. The molecule has 0 spiro atoms. The second-order valence-electron chi connectivity index (χ2n) is 6.86. The van der Waals surface area contributed by atoms with E-state index in [1.165, 1.54) is 43.0 Å². The molecular formula is C18H22N4OS. The van der Waals surface area contributed by atoms with E-state index in [9.17, 15) is 4.79 Å². The fourth-order valence-corrected chi connectivity index (χ4v) is 4.64. The third-order valence-electron chi connectivity index (χ3n) is 5.14. The topological polar surface area (TPSA) is 70.7 Å². The van der Waals surface area contributed by atoms with Crippen LogP contribution in [0.3, 0.4) is 0 Å². The van der Waals surface area contributed by atoms with Crippen LogP contribution in [0.15, 0.2) is 35.5 Å². The SMILES string of the molecule is O=C(CSc1n[nH]c(Cc2ccccc2)n1)N[C@@H]1C[C@H]2CC[C@@H]1C2. The molecule has 2 bridgehead atoms. The Morgan fingerprint density at radius 1 is 1.25 bits per heavy atom. The van der Waals surface area contributed by atoms with E-state index in [-0.39, 0.29) is 5.91 Å². The number of fused-ring (bicyclic) bond motifs is 2. The summed E-state index contributed by atoms with van der Waals surface area (Å²) in [5.41, 5.74) is 1.19. The number of amides is 1. The summed E-state index contributed by atoms with van der Waals surface area (Å²) in [6.45, 7) is 0. The molecule has 0 radical (unpaired) electrons. The fraction of sp³-hybridized carbons (Fsp3) is 0.500. The van der Waals surface area contributed by atoms with E-state index in [0.29, 0.717) is 22.9 Å². The van der Waals surface area contributed by atoms with Crippen molar-refractivity contribution >= 4 is 17.7 Å².